The molecule has 1 unspecified atom stereocenters. The molecule has 4 heteroatoms. The Bertz CT molecular complexity index is 677. The van der Waals surface area contributed by atoms with Crippen molar-refractivity contribution in [3.05, 3.63) is 63.6 Å². The topological polar surface area (TPSA) is 12.9 Å². The zero-order chi connectivity index (χ0) is 13.2. The van der Waals surface area contributed by atoms with Gasteiger partial charge >= 0.3 is 0 Å². The first kappa shape index (κ1) is 13.1. The van der Waals surface area contributed by atoms with E-state index in [4.69, 9.17) is 11.6 Å². The highest BCUT2D eigenvalue weighted by Gasteiger charge is 2.12. The average Bonchev–Trinajstić information content (AvgIpc) is 2.80. The van der Waals surface area contributed by atoms with Gasteiger partial charge in [0.05, 0.1) is 20.6 Å². The van der Waals surface area contributed by atoms with Gasteiger partial charge in [0.2, 0.25) is 0 Å². The molecule has 3 aromatic rings. The van der Waals surface area contributed by atoms with E-state index in [0.717, 1.165) is 27.0 Å². The fourth-order valence-corrected chi connectivity index (χ4v) is 3.78. The zero-order valence-electron chi connectivity index (χ0n) is 10.0. The van der Waals surface area contributed by atoms with Crippen LogP contribution in [0.1, 0.15) is 15.9 Å². The molecule has 0 bridgehead atoms. The predicted molar refractivity (Wildman–Crippen MR) is 86.1 cm³/mol. The third-order valence-corrected chi connectivity index (χ3v) is 4.86. The van der Waals surface area contributed by atoms with Crippen molar-refractivity contribution in [1.82, 2.24) is 4.98 Å². The molecule has 0 aliphatic carbocycles. The van der Waals surface area contributed by atoms with Gasteiger partial charge in [0, 0.05) is 10.9 Å². The number of rotatable bonds is 3. The van der Waals surface area contributed by atoms with Crippen molar-refractivity contribution in [3.8, 4) is 0 Å². The molecule has 0 spiro atoms. The van der Waals surface area contributed by atoms with Gasteiger partial charge in [-0.2, -0.15) is 0 Å². The molecule has 96 valence electrons. The fraction of sp³-hybridized carbons (Fsp3) is 0.133. The van der Waals surface area contributed by atoms with Crippen LogP contribution in [0, 0.1) is 0 Å². The van der Waals surface area contributed by atoms with Crippen molar-refractivity contribution < 1.29 is 0 Å². The van der Waals surface area contributed by atoms with E-state index in [1.165, 1.54) is 4.70 Å². The molecule has 19 heavy (non-hydrogen) atoms. The maximum absolute atomic E-state index is 6.49. The first-order valence-corrected chi connectivity index (χ1v) is 8.01. The molecule has 2 aromatic carbocycles. The third-order valence-electron chi connectivity index (χ3n) is 2.90. The number of hydrogen-bond donors (Lipinski definition) is 0. The molecule has 0 aliphatic heterocycles. The van der Waals surface area contributed by atoms with Crippen LogP contribution >= 0.6 is 38.9 Å². The summed E-state index contributed by atoms with van der Waals surface area (Å²) in [5.74, 6) is 0. The molecule has 0 saturated carbocycles. The Hall–Kier alpha value is -0.900. The summed E-state index contributed by atoms with van der Waals surface area (Å²) in [5.41, 5.74) is 2.18. The summed E-state index contributed by atoms with van der Waals surface area (Å²) in [6, 6.07) is 16.3. The highest BCUT2D eigenvalue weighted by Crippen LogP contribution is 2.30. The van der Waals surface area contributed by atoms with Gasteiger partial charge in [-0.3, -0.25) is 0 Å². The summed E-state index contributed by atoms with van der Waals surface area (Å²) in [6.07, 6.45) is 0.761. The Morgan fingerprint density at radius 1 is 1.16 bits per heavy atom. The van der Waals surface area contributed by atoms with Crippen molar-refractivity contribution in [2.75, 3.05) is 0 Å². The molecule has 0 N–H and O–H groups in total. The zero-order valence-corrected chi connectivity index (χ0v) is 13.2. The van der Waals surface area contributed by atoms with Gasteiger partial charge in [0.1, 0.15) is 0 Å². The van der Waals surface area contributed by atoms with Crippen LogP contribution in [0.15, 0.2) is 53.0 Å². The molecule has 0 aliphatic rings. The summed E-state index contributed by atoms with van der Waals surface area (Å²) < 4.78 is 2.27. The van der Waals surface area contributed by atoms with Crippen LogP contribution in [0.5, 0.6) is 0 Å². The van der Waals surface area contributed by atoms with E-state index >= 15 is 0 Å². The summed E-state index contributed by atoms with van der Waals surface area (Å²) in [7, 11) is 0. The lowest BCUT2D eigenvalue weighted by Crippen LogP contribution is -1.95. The van der Waals surface area contributed by atoms with Gasteiger partial charge in [-0.25, -0.2) is 4.98 Å². The normalized spacial score (nSPS) is 12.7. The number of halogens is 2. The van der Waals surface area contributed by atoms with Gasteiger partial charge in [-0.05, 0) is 29.8 Å². The van der Waals surface area contributed by atoms with E-state index in [2.05, 4.69) is 39.1 Å². The van der Waals surface area contributed by atoms with Crippen LogP contribution in [0.25, 0.3) is 10.2 Å². The van der Waals surface area contributed by atoms with E-state index in [-0.39, 0.29) is 5.38 Å². The maximum Gasteiger partial charge on any atom is 0.0956 e. The van der Waals surface area contributed by atoms with Crippen molar-refractivity contribution in [2.24, 2.45) is 0 Å². The van der Waals surface area contributed by atoms with Crippen LogP contribution in [0.4, 0.5) is 0 Å². The molecule has 0 fully saturated rings. The first-order chi connectivity index (χ1) is 9.22. The minimum absolute atomic E-state index is 0.0435. The molecule has 0 saturated heterocycles. The smallest absolute Gasteiger partial charge is 0.0956 e. The highest BCUT2D eigenvalue weighted by atomic mass is 79.9. The number of thiazole rings is 1. The van der Waals surface area contributed by atoms with Crippen LogP contribution in [0.2, 0.25) is 0 Å². The van der Waals surface area contributed by atoms with E-state index < -0.39 is 0 Å². The lowest BCUT2D eigenvalue weighted by Gasteiger charge is -2.08. The number of nitrogens with zero attached hydrogens (tertiary/aromatic N) is 1. The number of alkyl halides is 1. The van der Waals surface area contributed by atoms with Gasteiger partial charge in [-0.1, -0.05) is 40.2 Å². The van der Waals surface area contributed by atoms with Crippen molar-refractivity contribution >= 4 is 49.1 Å². The van der Waals surface area contributed by atoms with Crippen LogP contribution in [-0.2, 0) is 6.42 Å². The average molecular weight is 353 g/mol. The molecule has 1 heterocycles. The standard InChI is InChI=1S/C15H11BrClNS/c16-11-5-3-4-10(8-11)12(17)9-15-18-13-6-1-2-7-14(13)19-15/h1-8,12H,9H2. The van der Waals surface area contributed by atoms with Crippen LogP contribution < -0.4 is 0 Å². The molecule has 0 radical (unpaired) electrons. The first-order valence-electron chi connectivity index (χ1n) is 5.96. The quantitative estimate of drug-likeness (QED) is 0.561. The Balaban J connectivity index is 1.84. The van der Waals surface area contributed by atoms with Gasteiger partial charge in [-0.15, -0.1) is 22.9 Å². The number of fused-ring (bicyclic) bond motifs is 1. The minimum atomic E-state index is -0.0435. The Morgan fingerprint density at radius 3 is 2.79 bits per heavy atom. The van der Waals surface area contributed by atoms with Gasteiger partial charge in [0.25, 0.3) is 0 Å². The second-order valence-electron chi connectivity index (χ2n) is 4.30. The Kier molecular flexibility index (Phi) is 3.87. The molecular weight excluding hydrogens is 342 g/mol. The fourth-order valence-electron chi connectivity index (χ4n) is 1.98. The molecule has 1 atom stereocenters. The second-order valence-corrected chi connectivity index (χ2v) is 6.86. The highest BCUT2D eigenvalue weighted by molar-refractivity contribution is 9.10. The van der Waals surface area contributed by atoms with Crippen molar-refractivity contribution in [2.45, 2.75) is 11.8 Å². The summed E-state index contributed by atoms with van der Waals surface area (Å²) in [4.78, 5) is 4.62. The lowest BCUT2D eigenvalue weighted by molar-refractivity contribution is 0.910. The minimum Gasteiger partial charge on any atom is -0.241 e. The van der Waals surface area contributed by atoms with E-state index in [1.807, 2.05) is 30.3 Å². The Labute approximate surface area is 129 Å². The molecule has 1 nitrogen and oxygen atoms in total. The van der Waals surface area contributed by atoms with Crippen molar-refractivity contribution in [1.29, 1.82) is 0 Å². The Morgan fingerprint density at radius 2 is 2.00 bits per heavy atom. The second kappa shape index (κ2) is 5.61. The van der Waals surface area contributed by atoms with E-state index in [9.17, 15) is 0 Å². The maximum atomic E-state index is 6.49. The van der Waals surface area contributed by atoms with E-state index in [1.54, 1.807) is 11.3 Å². The van der Waals surface area contributed by atoms with Crippen LogP contribution in [-0.4, -0.2) is 4.98 Å². The van der Waals surface area contributed by atoms with Gasteiger partial charge < -0.3 is 0 Å². The van der Waals surface area contributed by atoms with E-state index in [0.29, 0.717) is 0 Å². The predicted octanol–water partition coefficient (Wildman–Crippen LogP) is 5.58. The van der Waals surface area contributed by atoms with Crippen molar-refractivity contribution in [3.63, 3.8) is 0 Å². The summed E-state index contributed by atoms with van der Waals surface area (Å²) >= 11 is 11.7. The third kappa shape index (κ3) is 2.99. The summed E-state index contributed by atoms with van der Waals surface area (Å²) in [6.45, 7) is 0. The number of benzene rings is 2. The SMILES string of the molecule is ClC(Cc1nc2ccccc2s1)c1cccc(Br)c1. The van der Waals surface area contributed by atoms with Gasteiger partial charge in [0.15, 0.2) is 0 Å². The molecule has 3 rings (SSSR count). The molecule has 1 aromatic heterocycles. The number of aromatic nitrogens is 1. The monoisotopic (exact) mass is 351 g/mol. The number of para-hydroxylation sites is 1. The largest absolute Gasteiger partial charge is 0.241 e. The van der Waals surface area contributed by atoms with Crippen LogP contribution in [0.3, 0.4) is 0 Å². The summed E-state index contributed by atoms with van der Waals surface area (Å²) in [5, 5.41) is 1.04. The lowest BCUT2D eigenvalue weighted by atomic mass is 10.1. The molecular formula is C15H11BrClNS. The number of hydrogen-bond acceptors (Lipinski definition) is 2. The molecule has 0 amide bonds.